The van der Waals surface area contributed by atoms with Gasteiger partial charge in [-0.25, -0.2) is 4.79 Å². The summed E-state index contributed by atoms with van der Waals surface area (Å²) in [6.45, 7) is 2.99. The lowest BCUT2D eigenvalue weighted by Crippen LogP contribution is -2.60. The fourth-order valence-corrected chi connectivity index (χ4v) is 2.41. The number of rotatable bonds is 3. The summed E-state index contributed by atoms with van der Waals surface area (Å²) in [7, 11) is 0. The molecule has 0 unspecified atom stereocenters. The first-order chi connectivity index (χ1) is 8.11. The van der Waals surface area contributed by atoms with Crippen LogP contribution in [0.15, 0.2) is 0 Å². The molecule has 1 saturated carbocycles. The normalized spacial score (nSPS) is 22.7. The molecule has 3 N–H and O–H groups in total. The Morgan fingerprint density at radius 2 is 1.94 bits per heavy atom. The van der Waals surface area contributed by atoms with Crippen molar-refractivity contribution in [3.63, 3.8) is 0 Å². The Hall–Kier alpha value is -1.30. The topological polar surface area (TPSA) is 81.7 Å². The number of urea groups is 1. The van der Waals surface area contributed by atoms with E-state index in [1.807, 2.05) is 0 Å². The number of carboxylic acid groups (broad SMARTS) is 1. The van der Waals surface area contributed by atoms with Crippen molar-refractivity contribution < 1.29 is 14.7 Å². The van der Waals surface area contributed by atoms with E-state index in [0.29, 0.717) is 13.1 Å². The van der Waals surface area contributed by atoms with Crippen LogP contribution in [0.25, 0.3) is 0 Å². The second-order valence-electron chi connectivity index (χ2n) is 4.87. The van der Waals surface area contributed by atoms with Gasteiger partial charge in [0.15, 0.2) is 0 Å². The van der Waals surface area contributed by atoms with Gasteiger partial charge in [0.1, 0.15) is 0 Å². The zero-order valence-electron chi connectivity index (χ0n) is 9.87. The molecule has 0 aromatic carbocycles. The molecule has 0 aromatic heterocycles. The molecule has 2 amide bonds. The molecule has 2 aliphatic rings. The highest BCUT2D eigenvalue weighted by atomic mass is 16.4. The molecule has 1 aliphatic heterocycles. The highest BCUT2D eigenvalue weighted by Gasteiger charge is 2.41. The summed E-state index contributed by atoms with van der Waals surface area (Å²) >= 11 is 0. The van der Waals surface area contributed by atoms with Gasteiger partial charge in [-0.3, -0.25) is 4.79 Å². The number of nitrogens with zero attached hydrogens (tertiary/aromatic N) is 1. The molecule has 1 heterocycles. The van der Waals surface area contributed by atoms with E-state index in [1.165, 1.54) is 0 Å². The van der Waals surface area contributed by atoms with E-state index < -0.39 is 11.5 Å². The Balaban J connectivity index is 1.89. The van der Waals surface area contributed by atoms with Crippen molar-refractivity contribution in [1.29, 1.82) is 0 Å². The molecule has 0 atom stereocenters. The molecule has 0 spiro atoms. The minimum atomic E-state index is -0.842. The highest BCUT2D eigenvalue weighted by Crippen LogP contribution is 2.35. The van der Waals surface area contributed by atoms with E-state index in [9.17, 15) is 9.59 Å². The van der Waals surface area contributed by atoms with E-state index in [1.54, 1.807) is 4.90 Å². The van der Waals surface area contributed by atoms with Crippen LogP contribution >= 0.6 is 0 Å². The van der Waals surface area contributed by atoms with Gasteiger partial charge in [0.25, 0.3) is 0 Å². The Bertz CT molecular complexity index is 309. The van der Waals surface area contributed by atoms with Crippen molar-refractivity contribution in [2.24, 2.45) is 0 Å². The summed E-state index contributed by atoms with van der Waals surface area (Å²) < 4.78 is 0. The van der Waals surface area contributed by atoms with Crippen molar-refractivity contribution >= 4 is 12.0 Å². The first-order valence-electron chi connectivity index (χ1n) is 6.11. The average molecular weight is 241 g/mol. The van der Waals surface area contributed by atoms with Crippen molar-refractivity contribution in [3.8, 4) is 0 Å². The number of hydrogen-bond acceptors (Lipinski definition) is 3. The van der Waals surface area contributed by atoms with Crippen molar-refractivity contribution in [2.45, 2.75) is 31.2 Å². The lowest BCUT2D eigenvalue weighted by Gasteiger charge is -2.43. The van der Waals surface area contributed by atoms with E-state index in [-0.39, 0.29) is 12.5 Å². The van der Waals surface area contributed by atoms with Crippen molar-refractivity contribution in [1.82, 2.24) is 15.5 Å². The number of carbonyl (C=O) groups is 2. The first-order valence-corrected chi connectivity index (χ1v) is 6.11. The van der Waals surface area contributed by atoms with Crippen LogP contribution in [0.4, 0.5) is 4.79 Å². The zero-order chi connectivity index (χ0) is 12.3. The summed E-state index contributed by atoms with van der Waals surface area (Å²) in [5.74, 6) is -0.842. The standard InChI is InChI=1S/C11H19N3O3/c15-9(16)8-11(2-1-3-11)13-10(17)14-6-4-12-5-7-14/h12H,1-8H2,(H,13,17)(H,15,16). The second kappa shape index (κ2) is 4.91. The summed E-state index contributed by atoms with van der Waals surface area (Å²) in [4.78, 5) is 24.5. The lowest BCUT2D eigenvalue weighted by molar-refractivity contribution is -0.139. The number of hydrogen-bond donors (Lipinski definition) is 3. The van der Waals surface area contributed by atoms with Crippen molar-refractivity contribution in [3.05, 3.63) is 0 Å². The predicted molar refractivity (Wildman–Crippen MR) is 61.8 cm³/mol. The van der Waals surface area contributed by atoms with Gasteiger partial charge in [0.2, 0.25) is 0 Å². The van der Waals surface area contributed by atoms with Gasteiger partial charge < -0.3 is 20.6 Å². The third-order valence-corrected chi connectivity index (χ3v) is 3.58. The van der Waals surface area contributed by atoms with Gasteiger partial charge in [-0.2, -0.15) is 0 Å². The Morgan fingerprint density at radius 1 is 1.29 bits per heavy atom. The van der Waals surface area contributed by atoms with Gasteiger partial charge in [-0.05, 0) is 19.3 Å². The van der Waals surface area contributed by atoms with Crippen LogP contribution in [-0.2, 0) is 4.79 Å². The molecular formula is C11H19N3O3. The van der Waals surface area contributed by atoms with Crippen molar-refractivity contribution in [2.75, 3.05) is 26.2 Å². The molecule has 96 valence electrons. The van der Waals surface area contributed by atoms with Gasteiger partial charge >= 0.3 is 12.0 Å². The maximum absolute atomic E-state index is 12.0. The van der Waals surface area contributed by atoms with E-state index in [4.69, 9.17) is 5.11 Å². The second-order valence-corrected chi connectivity index (χ2v) is 4.87. The van der Waals surface area contributed by atoms with Crippen LogP contribution in [0.2, 0.25) is 0 Å². The highest BCUT2D eigenvalue weighted by molar-refractivity contribution is 5.77. The van der Waals surface area contributed by atoms with Crippen LogP contribution in [-0.4, -0.2) is 53.7 Å². The molecule has 1 saturated heterocycles. The van der Waals surface area contributed by atoms with E-state index in [0.717, 1.165) is 32.4 Å². The van der Waals surface area contributed by atoms with Crippen LogP contribution in [0.5, 0.6) is 0 Å². The van der Waals surface area contributed by atoms with Gasteiger partial charge in [-0.15, -0.1) is 0 Å². The number of nitrogens with one attached hydrogen (secondary N) is 2. The molecule has 2 rings (SSSR count). The number of carboxylic acids is 1. The van der Waals surface area contributed by atoms with Crippen LogP contribution in [0.1, 0.15) is 25.7 Å². The van der Waals surface area contributed by atoms with Gasteiger partial charge in [-0.1, -0.05) is 0 Å². The first kappa shape index (κ1) is 12.2. The van der Waals surface area contributed by atoms with E-state index in [2.05, 4.69) is 10.6 Å². The number of amides is 2. The zero-order valence-corrected chi connectivity index (χ0v) is 9.87. The maximum Gasteiger partial charge on any atom is 0.317 e. The van der Waals surface area contributed by atoms with Crippen LogP contribution in [0, 0.1) is 0 Å². The van der Waals surface area contributed by atoms with Gasteiger partial charge in [0, 0.05) is 26.2 Å². The Labute approximate surface area is 100 Å². The molecule has 0 bridgehead atoms. The molecule has 1 aliphatic carbocycles. The van der Waals surface area contributed by atoms with Crippen LogP contribution in [0.3, 0.4) is 0 Å². The summed E-state index contributed by atoms with van der Waals surface area (Å²) in [6, 6.07) is -0.118. The quantitative estimate of drug-likeness (QED) is 0.649. The maximum atomic E-state index is 12.0. The minimum Gasteiger partial charge on any atom is -0.481 e. The minimum absolute atomic E-state index is 0.0326. The summed E-state index contributed by atoms with van der Waals surface area (Å²) in [5.41, 5.74) is -0.492. The van der Waals surface area contributed by atoms with Gasteiger partial charge in [0.05, 0.1) is 12.0 Å². The third-order valence-electron chi connectivity index (χ3n) is 3.58. The molecule has 2 fully saturated rings. The molecule has 6 nitrogen and oxygen atoms in total. The number of piperazine rings is 1. The average Bonchev–Trinajstić information content (AvgIpc) is 2.26. The summed E-state index contributed by atoms with van der Waals surface area (Å²) in [6.07, 6.45) is 2.58. The SMILES string of the molecule is O=C(O)CC1(NC(=O)N2CCNCC2)CCC1. The fraction of sp³-hybridized carbons (Fsp3) is 0.818. The molecule has 6 heteroatoms. The van der Waals surface area contributed by atoms with Crippen LogP contribution < -0.4 is 10.6 Å². The lowest BCUT2D eigenvalue weighted by atomic mass is 9.74. The largest absolute Gasteiger partial charge is 0.481 e. The Morgan fingerprint density at radius 3 is 2.41 bits per heavy atom. The molecule has 0 radical (unpaired) electrons. The fourth-order valence-electron chi connectivity index (χ4n) is 2.41. The number of aliphatic carboxylic acids is 1. The smallest absolute Gasteiger partial charge is 0.317 e. The molecular weight excluding hydrogens is 222 g/mol. The Kier molecular flexibility index (Phi) is 3.51. The number of carbonyl (C=O) groups excluding carboxylic acids is 1. The summed E-state index contributed by atoms with van der Waals surface area (Å²) in [5, 5.41) is 14.9. The van der Waals surface area contributed by atoms with E-state index >= 15 is 0 Å². The third kappa shape index (κ3) is 2.88. The molecule has 0 aromatic rings. The monoisotopic (exact) mass is 241 g/mol. The molecule has 17 heavy (non-hydrogen) atoms. The predicted octanol–water partition coefficient (Wildman–Crippen LogP) is -0.00140.